The van der Waals surface area contributed by atoms with Crippen LogP contribution in [-0.2, 0) is 4.79 Å². The number of unbranched alkanes of at least 4 members (excludes halogenated alkanes) is 1. The van der Waals surface area contributed by atoms with Gasteiger partial charge in [0.05, 0.1) is 5.92 Å². The van der Waals surface area contributed by atoms with Crippen LogP contribution in [0.25, 0.3) is 0 Å². The molecule has 0 aromatic carbocycles. The number of aliphatic carboxylic acids is 1. The molecule has 0 amide bonds. The molecule has 0 rings (SSSR count). The van der Waals surface area contributed by atoms with E-state index in [0.717, 1.165) is 31.3 Å². The number of rotatable bonds is 6. The summed E-state index contributed by atoms with van der Waals surface area (Å²) in [5, 5.41) is 8.84. The van der Waals surface area contributed by atoms with Gasteiger partial charge in [0.25, 0.3) is 0 Å². The molecule has 0 saturated heterocycles. The lowest BCUT2D eigenvalue weighted by molar-refractivity contribution is -0.139. The van der Waals surface area contributed by atoms with Crippen molar-refractivity contribution in [2.45, 2.75) is 46.5 Å². The molecule has 0 saturated carbocycles. The highest BCUT2D eigenvalue weighted by Gasteiger charge is 2.14. The van der Waals surface area contributed by atoms with Crippen LogP contribution >= 0.6 is 0 Å². The van der Waals surface area contributed by atoms with E-state index in [1.807, 2.05) is 6.92 Å². The molecule has 1 unspecified atom stereocenters. The van der Waals surface area contributed by atoms with Crippen LogP contribution in [0.5, 0.6) is 0 Å². The van der Waals surface area contributed by atoms with Crippen molar-refractivity contribution in [3.05, 3.63) is 11.6 Å². The fraction of sp³-hybridized carbons (Fsp3) is 0.727. The van der Waals surface area contributed by atoms with Crippen LogP contribution in [0.15, 0.2) is 11.6 Å². The summed E-state index contributed by atoms with van der Waals surface area (Å²) in [6.45, 7) is 5.93. The van der Waals surface area contributed by atoms with E-state index in [1.54, 1.807) is 6.92 Å². The summed E-state index contributed by atoms with van der Waals surface area (Å²) in [6.07, 6.45) is 6.11. The summed E-state index contributed by atoms with van der Waals surface area (Å²) in [5.74, 6) is -1.03. The number of allylic oxidation sites excluding steroid dienone is 1. The molecule has 0 heterocycles. The zero-order valence-corrected chi connectivity index (χ0v) is 8.84. The van der Waals surface area contributed by atoms with E-state index < -0.39 is 5.97 Å². The number of carboxylic acids is 1. The minimum atomic E-state index is -0.712. The molecule has 1 atom stereocenters. The average molecular weight is 184 g/mol. The third kappa shape index (κ3) is 4.71. The molecule has 0 bridgehead atoms. The van der Waals surface area contributed by atoms with E-state index in [4.69, 9.17) is 5.11 Å². The molecule has 2 heteroatoms. The van der Waals surface area contributed by atoms with Gasteiger partial charge in [-0.05, 0) is 26.2 Å². The highest BCUT2D eigenvalue weighted by Crippen LogP contribution is 2.18. The summed E-state index contributed by atoms with van der Waals surface area (Å²) in [7, 11) is 0. The largest absolute Gasteiger partial charge is 0.481 e. The Balaban J connectivity index is 4.24. The van der Waals surface area contributed by atoms with Crippen molar-refractivity contribution >= 4 is 5.97 Å². The Morgan fingerprint density at radius 3 is 2.46 bits per heavy atom. The minimum absolute atomic E-state index is 0.313. The summed E-state index contributed by atoms with van der Waals surface area (Å²) < 4.78 is 0. The first-order chi connectivity index (χ1) is 6.13. The number of carboxylic acid groups (broad SMARTS) is 1. The predicted molar refractivity (Wildman–Crippen MR) is 54.7 cm³/mol. The number of carbonyl (C=O) groups is 1. The summed E-state index contributed by atoms with van der Waals surface area (Å²) in [5.41, 5.74) is 1.08. The Morgan fingerprint density at radius 1 is 1.46 bits per heavy atom. The molecule has 0 fully saturated rings. The molecule has 0 aliphatic heterocycles. The molecule has 0 spiro atoms. The van der Waals surface area contributed by atoms with Gasteiger partial charge in [0.2, 0.25) is 0 Å². The van der Waals surface area contributed by atoms with Gasteiger partial charge >= 0.3 is 5.97 Å². The molecular formula is C11H20O2. The topological polar surface area (TPSA) is 37.3 Å². The van der Waals surface area contributed by atoms with Crippen molar-refractivity contribution in [2.75, 3.05) is 0 Å². The lowest BCUT2D eigenvalue weighted by Gasteiger charge is -2.11. The van der Waals surface area contributed by atoms with Gasteiger partial charge < -0.3 is 5.11 Å². The SMILES string of the molecule is CCC=C(CCCC)C(C)C(=O)O. The van der Waals surface area contributed by atoms with Crippen molar-refractivity contribution in [3.8, 4) is 0 Å². The van der Waals surface area contributed by atoms with Crippen LogP contribution in [0.1, 0.15) is 46.5 Å². The third-order valence-corrected chi connectivity index (χ3v) is 2.21. The normalized spacial score (nSPS) is 14.2. The zero-order chi connectivity index (χ0) is 10.3. The maximum atomic E-state index is 10.7. The zero-order valence-electron chi connectivity index (χ0n) is 8.84. The summed E-state index contributed by atoms with van der Waals surface area (Å²) in [4.78, 5) is 10.7. The second kappa shape index (κ2) is 6.70. The van der Waals surface area contributed by atoms with Crippen molar-refractivity contribution in [1.29, 1.82) is 0 Å². The lowest BCUT2D eigenvalue weighted by Crippen LogP contribution is -2.12. The maximum Gasteiger partial charge on any atom is 0.310 e. The Kier molecular flexibility index (Phi) is 6.29. The van der Waals surface area contributed by atoms with Crippen LogP contribution in [0, 0.1) is 5.92 Å². The Labute approximate surface area is 80.7 Å². The highest BCUT2D eigenvalue weighted by atomic mass is 16.4. The first kappa shape index (κ1) is 12.2. The molecule has 76 valence electrons. The van der Waals surface area contributed by atoms with Crippen LogP contribution < -0.4 is 0 Å². The second-order valence-corrected chi connectivity index (χ2v) is 3.35. The Hall–Kier alpha value is -0.790. The number of hydrogen-bond donors (Lipinski definition) is 1. The maximum absolute atomic E-state index is 10.7. The van der Waals surface area contributed by atoms with Gasteiger partial charge in [-0.25, -0.2) is 0 Å². The molecule has 1 N–H and O–H groups in total. The van der Waals surface area contributed by atoms with E-state index in [2.05, 4.69) is 13.0 Å². The number of hydrogen-bond acceptors (Lipinski definition) is 1. The lowest BCUT2D eigenvalue weighted by atomic mass is 9.95. The highest BCUT2D eigenvalue weighted by molar-refractivity contribution is 5.73. The van der Waals surface area contributed by atoms with E-state index in [9.17, 15) is 4.79 Å². The van der Waals surface area contributed by atoms with Gasteiger partial charge in [-0.2, -0.15) is 0 Å². The van der Waals surface area contributed by atoms with E-state index >= 15 is 0 Å². The molecule has 0 aliphatic carbocycles. The van der Waals surface area contributed by atoms with Crippen LogP contribution in [0.3, 0.4) is 0 Å². The van der Waals surface area contributed by atoms with Crippen molar-refractivity contribution in [3.63, 3.8) is 0 Å². The van der Waals surface area contributed by atoms with Gasteiger partial charge in [-0.15, -0.1) is 0 Å². The predicted octanol–water partition coefficient (Wildman–Crippen LogP) is 3.23. The van der Waals surface area contributed by atoms with Crippen molar-refractivity contribution < 1.29 is 9.90 Å². The van der Waals surface area contributed by atoms with Gasteiger partial charge in [-0.3, -0.25) is 4.79 Å². The molecule has 0 radical (unpaired) electrons. The minimum Gasteiger partial charge on any atom is -0.481 e. The quantitative estimate of drug-likeness (QED) is 0.643. The third-order valence-electron chi connectivity index (χ3n) is 2.21. The van der Waals surface area contributed by atoms with Crippen LogP contribution in [-0.4, -0.2) is 11.1 Å². The monoisotopic (exact) mass is 184 g/mol. The Bertz CT molecular complexity index is 183. The molecule has 13 heavy (non-hydrogen) atoms. The Morgan fingerprint density at radius 2 is 2.08 bits per heavy atom. The second-order valence-electron chi connectivity index (χ2n) is 3.35. The molecule has 0 aromatic heterocycles. The van der Waals surface area contributed by atoms with Crippen LogP contribution in [0.2, 0.25) is 0 Å². The van der Waals surface area contributed by atoms with Crippen LogP contribution in [0.4, 0.5) is 0 Å². The summed E-state index contributed by atoms with van der Waals surface area (Å²) in [6, 6.07) is 0. The smallest absolute Gasteiger partial charge is 0.310 e. The molecule has 0 aromatic rings. The van der Waals surface area contributed by atoms with Crippen molar-refractivity contribution in [1.82, 2.24) is 0 Å². The fourth-order valence-corrected chi connectivity index (χ4v) is 1.30. The molecular weight excluding hydrogens is 164 g/mol. The van der Waals surface area contributed by atoms with Gasteiger partial charge in [0.1, 0.15) is 0 Å². The van der Waals surface area contributed by atoms with Gasteiger partial charge in [0.15, 0.2) is 0 Å². The van der Waals surface area contributed by atoms with E-state index in [-0.39, 0.29) is 5.92 Å². The average Bonchev–Trinajstić information content (AvgIpc) is 2.11. The first-order valence-electron chi connectivity index (χ1n) is 5.05. The molecule has 0 aliphatic rings. The summed E-state index contributed by atoms with van der Waals surface area (Å²) >= 11 is 0. The molecule has 2 nitrogen and oxygen atoms in total. The van der Waals surface area contributed by atoms with Gasteiger partial charge in [0, 0.05) is 0 Å². The van der Waals surface area contributed by atoms with Gasteiger partial charge in [-0.1, -0.05) is 31.9 Å². The van der Waals surface area contributed by atoms with Crippen molar-refractivity contribution in [2.24, 2.45) is 5.92 Å². The fourth-order valence-electron chi connectivity index (χ4n) is 1.30. The standard InChI is InChI=1S/C11H20O2/c1-4-6-8-10(7-5-2)9(3)11(12)13/h7,9H,4-6,8H2,1-3H3,(H,12,13). The first-order valence-corrected chi connectivity index (χ1v) is 5.05. The van der Waals surface area contributed by atoms with E-state index in [0.29, 0.717) is 0 Å². The van der Waals surface area contributed by atoms with E-state index in [1.165, 1.54) is 0 Å².